The number of amides is 1. The van der Waals surface area contributed by atoms with E-state index < -0.39 is 17.5 Å². The molecule has 5 nitrogen and oxygen atoms in total. The molecule has 116 valence electrons. The molecule has 0 aromatic carbocycles. The van der Waals surface area contributed by atoms with Gasteiger partial charge in [-0.1, -0.05) is 6.92 Å². The molecule has 1 rings (SSSR count). The minimum Gasteiger partial charge on any atom is -0.459 e. The minimum absolute atomic E-state index is 0.0403. The van der Waals surface area contributed by atoms with Crippen LogP contribution in [-0.4, -0.2) is 48.7 Å². The van der Waals surface area contributed by atoms with Crippen LogP contribution in [0.4, 0.5) is 0 Å². The van der Waals surface area contributed by atoms with Crippen LogP contribution in [0, 0.1) is 11.8 Å². The van der Waals surface area contributed by atoms with Crippen molar-refractivity contribution in [3.63, 3.8) is 0 Å². The Labute approximate surface area is 121 Å². The van der Waals surface area contributed by atoms with E-state index in [9.17, 15) is 9.59 Å². The van der Waals surface area contributed by atoms with E-state index in [-0.39, 0.29) is 12.0 Å². The van der Waals surface area contributed by atoms with E-state index in [0.29, 0.717) is 19.0 Å². The van der Waals surface area contributed by atoms with Crippen molar-refractivity contribution >= 4 is 11.9 Å². The molecule has 1 fully saturated rings. The van der Waals surface area contributed by atoms with Crippen molar-refractivity contribution < 1.29 is 19.1 Å². The molecule has 0 saturated carbocycles. The molecule has 0 aromatic rings. The number of piperidine rings is 1. The standard InChI is InChI=1S/C15H27NO4/c1-10-7-8-16(9-12(10)19-6)13(17)11(2)14(18)20-15(3,4)5/h10-12H,7-9H2,1-6H3. The first-order chi connectivity index (χ1) is 9.15. The Bertz CT molecular complexity index is 361. The third-order valence-electron chi connectivity index (χ3n) is 3.63. The van der Waals surface area contributed by atoms with Gasteiger partial charge >= 0.3 is 5.97 Å². The molecule has 0 bridgehead atoms. The number of carbonyl (C=O) groups is 2. The van der Waals surface area contributed by atoms with Crippen LogP contribution in [-0.2, 0) is 19.1 Å². The van der Waals surface area contributed by atoms with Gasteiger partial charge in [-0.25, -0.2) is 0 Å². The number of methoxy groups -OCH3 is 1. The largest absolute Gasteiger partial charge is 0.459 e. The molecule has 0 aromatic heterocycles. The highest BCUT2D eigenvalue weighted by atomic mass is 16.6. The van der Waals surface area contributed by atoms with E-state index in [2.05, 4.69) is 6.92 Å². The van der Waals surface area contributed by atoms with E-state index in [0.717, 1.165) is 6.42 Å². The van der Waals surface area contributed by atoms with E-state index in [1.807, 2.05) is 0 Å². The Morgan fingerprint density at radius 1 is 1.30 bits per heavy atom. The predicted octanol–water partition coefficient (Wildman–Crippen LogP) is 1.85. The zero-order chi connectivity index (χ0) is 15.5. The summed E-state index contributed by atoms with van der Waals surface area (Å²) in [5.41, 5.74) is -0.572. The molecule has 20 heavy (non-hydrogen) atoms. The van der Waals surface area contributed by atoms with Crippen molar-refractivity contribution in [2.24, 2.45) is 11.8 Å². The maximum Gasteiger partial charge on any atom is 0.318 e. The van der Waals surface area contributed by atoms with Crippen molar-refractivity contribution in [1.82, 2.24) is 4.90 Å². The second kappa shape index (κ2) is 6.57. The highest BCUT2D eigenvalue weighted by molar-refractivity contribution is 5.97. The first kappa shape index (κ1) is 17.0. The third-order valence-corrected chi connectivity index (χ3v) is 3.63. The summed E-state index contributed by atoms with van der Waals surface area (Å²) < 4.78 is 10.7. The second-order valence-corrected chi connectivity index (χ2v) is 6.58. The molecule has 0 radical (unpaired) electrons. The van der Waals surface area contributed by atoms with Crippen molar-refractivity contribution in [3.05, 3.63) is 0 Å². The summed E-state index contributed by atoms with van der Waals surface area (Å²) in [5, 5.41) is 0. The van der Waals surface area contributed by atoms with Crippen molar-refractivity contribution in [3.8, 4) is 0 Å². The van der Waals surface area contributed by atoms with Crippen LogP contribution in [0.5, 0.6) is 0 Å². The molecular weight excluding hydrogens is 258 g/mol. The normalized spacial score (nSPS) is 25.2. The topological polar surface area (TPSA) is 55.8 Å². The monoisotopic (exact) mass is 285 g/mol. The van der Waals surface area contributed by atoms with Crippen molar-refractivity contribution in [2.45, 2.75) is 52.7 Å². The number of ether oxygens (including phenoxy) is 2. The average molecular weight is 285 g/mol. The van der Waals surface area contributed by atoms with Crippen molar-refractivity contribution in [1.29, 1.82) is 0 Å². The summed E-state index contributed by atoms with van der Waals surface area (Å²) >= 11 is 0. The van der Waals surface area contributed by atoms with Gasteiger partial charge in [-0.05, 0) is 40.0 Å². The van der Waals surface area contributed by atoms with Crippen LogP contribution in [0.3, 0.4) is 0 Å². The summed E-state index contributed by atoms with van der Waals surface area (Å²) in [4.78, 5) is 26.0. The Hall–Kier alpha value is -1.10. The van der Waals surface area contributed by atoms with Crippen molar-refractivity contribution in [2.75, 3.05) is 20.2 Å². The van der Waals surface area contributed by atoms with Crippen LogP contribution in [0.2, 0.25) is 0 Å². The van der Waals surface area contributed by atoms with Crippen LogP contribution in [0.15, 0.2) is 0 Å². The summed E-state index contributed by atoms with van der Waals surface area (Å²) in [6.45, 7) is 10.3. The van der Waals surface area contributed by atoms with Crippen LogP contribution >= 0.6 is 0 Å². The predicted molar refractivity (Wildman–Crippen MR) is 76.2 cm³/mol. The number of carbonyl (C=O) groups excluding carboxylic acids is 2. The number of hydrogen-bond donors (Lipinski definition) is 0. The van der Waals surface area contributed by atoms with Crippen LogP contribution in [0.1, 0.15) is 41.0 Å². The Morgan fingerprint density at radius 3 is 2.40 bits per heavy atom. The quantitative estimate of drug-likeness (QED) is 0.586. The van der Waals surface area contributed by atoms with Gasteiger partial charge in [-0.15, -0.1) is 0 Å². The summed E-state index contributed by atoms with van der Waals surface area (Å²) in [5.74, 6) is -0.968. The summed E-state index contributed by atoms with van der Waals surface area (Å²) in [6, 6.07) is 0. The number of hydrogen-bond acceptors (Lipinski definition) is 4. The fraction of sp³-hybridized carbons (Fsp3) is 0.867. The molecule has 3 unspecified atom stereocenters. The molecule has 5 heteroatoms. The van der Waals surface area contributed by atoms with Gasteiger partial charge in [0.15, 0.2) is 0 Å². The van der Waals surface area contributed by atoms with E-state index in [1.165, 1.54) is 0 Å². The second-order valence-electron chi connectivity index (χ2n) is 6.58. The third kappa shape index (κ3) is 4.47. The van der Waals surface area contributed by atoms with Gasteiger partial charge in [-0.2, -0.15) is 0 Å². The van der Waals surface area contributed by atoms with Gasteiger partial charge in [0.2, 0.25) is 5.91 Å². The van der Waals surface area contributed by atoms with E-state index in [4.69, 9.17) is 9.47 Å². The highest BCUT2D eigenvalue weighted by Crippen LogP contribution is 2.21. The van der Waals surface area contributed by atoms with Crippen LogP contribution < -0.4 is 0 Å². The van der Waals surface area contributed by atoms with Gasteiger partial charge in [0, 0.05) is 20.2 Å². The average Bonchev–Trinajstić information content (AvgIpc) is 2.35. The molecule has 0 aliphatic carbocycles. The number of rotatable bonds is 3. The lowest BCUT2D eigenvalue weighted by Crippen LogP contribution is -2.49. The lowest BCUT2D eigenvalue weighted by atomic mass is 9.95. The van der Waals surface area contributed by atoms with Gasteiger partial charge in [0.25, 0.3) is 0 Å². The number of nitrogens with zero attached hydrogens (tertiary/aromatic N) is 1. The number of esters is 1. The zero-order valence-corrected chi connectivity index (χ0v) is 13.4. The number of likely N-dealkylation sites (tertiary alicyclic amines) is 1. The molecule has 1 aliphatic heterocycles. The van der Waals surface area contributed by atoms with Crippen LogP contribution in [0.25, 0.3) is 0 Å². The molecule has 0 N–H and O–H groups in total. The molecule has 1 amide bonds. The Kier molecular flexibility index (Phi) is 5.57. The lowest BCUT2D eigenvalue weighted by Gasteiger charge is -2.37. The van der Waals surface area contributed by atoms with Gasteiger partial charge in [0.05, 0.1) is 6.10 Å². The fourth-order valence-electron chi connectivity index (χ4n) is 2.31. The first-order valence-electron chi connectivity index (χ1n) is 7.20. The van der Waals surface area contributed by atoms with Gasteiger partial charge < -0.3 is 14.4 Å². The molecule has 1 aliphatic rings. The smallest absolute Gasteiger partial charge is 0.318 e. The maximum absolute atomic E-state index is 12.4. The first-order valence-corrected chi connectivity index (χ1v) is 7.20. The van der Waals surface area contributed by atoms with E-state index >= 15 is 0 Å². The lowest BCUT2D eigenvalue weighted by molar-refractivity contribution is -0.165. The maximum atomic E-state index is 12.4. The SMILES string of the molecule is COC1CN(C(=O)C(C)C(=O)OC(C)(C)C)CCC1C. The Balaban J connectivity index is 2.63. The summed E-state index contributed by atoms with van der Waals surface area (Å²) in [6.07, 6.45) is 0.934. The summed E-state index contributed by atoms with van der Waals surface area (Å²) in [7, 11) is 1.66. The van der Waals surface area contributed by atoms with E-state index in [1.54, 1.807) is 39.7 Å². The molecule has 1 saturated heterocycles. The van der Waals surface area contributed by atoms with Gasteiger partial charge in [-0.3, -0.25) is 9.59 Å². The highest BCUT2D eigenvalue weighted by Gasteiger charge is 2.34. The molecular formula is C15H27NO4. The molecule has 3 atom stereocenters. The minimum atomic E-state index is -0.764. The molecule has 0 spiro atoms. The zero-order valence-electron chi connectivity index (χ0n) is 13.4. The molecule has 1 heterocycles. The fourth-order valence-corrected chi connectivity index (χ4v) is 2.31. The van der Waals surface area contributed by atoms with Gasteiger partial charge in [0.1, 0.15) is 11.5 Å². The Morgan fingerprint density at radius 2 is 1.90 bits per heavy atom.